The van der Waals surface area contributed by atoms with Crippen LogP contribution in [0.5, 0.6) is 0 Å². The molecule has 0 aromatic heterocycles. The third kappa shape index (κ3) is 2.32. The maximum atomic E-state index is 12.9. The van der Waals surface area contributed by atoms with E-state index in [0.717, 1.165) is 25.3 Å². The Morgan fingerprint density at radius 2 is 2.29 bits per heavy atom. The van der Waals surface area contributed by atoms with Crippen molar-refractivity contribution in [3.63, 3.8) is 0 Å². The summed E-state index contributed by atoms with van der Waals surface area (Å²) in [5, 5.41) is 3.31. The number of rotatable bonds is 3. The molecule has 4 heteroatoms. The van der Waals surface area contributed by atoms with Crippen molar-refractivity contribution < 1.29 is 9.13 Å². The van der Waals surface area contributed by atoms with E-state index in [0.29, 0.717) is 10.5 Å². The Morgan fingerprint density at radius 3 is 2.86 bits per heavy atom. The summed E-state index contributed by atoms with van der Waals surface area (Å²) in [6.07, 6.45) is 0. The average molecular weight is 260 g/mol. The predicted octanol–water partition coefficient (Wildman–Crippen LogP) is 2.08. The lowest BCUT2D eigenvalue weighted by molar-refractivity contribution is -0.00578. The number of hydrogen-bond donors (Lipinski definition) is 1. The molecule has 1 heterocycles. The van der Waals surface area contributed by atoms with Gasteiger partial charge in [0.15, 0.2) is 0 Å². The van der Waals surface area contributed by atoms with Gasteiger partial charge in [-0.25, -0.2) is 4.39 Å². The Hall–Kier alpha value is -0.450. The van der Waals surface area contributed by atoms with Crippen LogP contribution in [0.1, 0.15) is 5.56 Å². The molecule has 76 valence electrons. The summed E-state index contributed by atoms with van der Waals surface area (Å²) in [5.41, 5.74) is 1.07. The number of nitrogens with one attached hydrogen (secondary N) is 1. The van der Waals surface area contributed by atoms with Crippen LogP contribution < -0.4 is 5.32 Å². The summed E-state index contributed by atoms with van der Waals surface area (Å²) in [6.45, 7) is 2.32. The van der Waals surface area contributed by atoms with Gasteiger partial charge in [-0.2, -0.15) is 0 Å². The third-order valence-corrected chi connectivity index (χ3v) is 2.82. The smallest absolute Gasteiger partial charge is 0.137 e. The SMILES string of the molecule is Fc1ccc(CNC2COC2)cc1Br. The summed E-state index contributed by atoms with van der Waals surface area (Å²) in [7, 11) is 0. The molecule has 1 aromatic rings. The normalized spacial score (nSPS) is 16.7. The van der Waals surface area contributed by atoms with Crippen LogP contribution in [-0.2, 0) is 11.3 Å². The van der Waals surface area contributed by atoms with Gasteiger partial charge in [-0.05, 0) is 33.6 Å². The van der Waals surface area contributed by atoms with Crippen LogP contribution in [0.25, 0.3) is 0 Å². The highest BCUT2D eigenvalue weighted by Gasteiger charge is 2.16. The Labute approximate surface area is 90.6 Å². The Kier molecular flexibility index (Phi) is 3.15. The van der Waals surface area contributed by atoms with E-state index >= 15 is 0 Å². The molecular formula is C10H11BrFNO. The van der Waals surface area contributed by atoms with Crippen molar-refractivity contribution in [1.29, 1.82) is 0 Å². The van der Waals surface area contributed by atoms with Gasteiger partial charge in [0.25, 0.3) is 0 Å². The van der Waals surface area contributed by atoms with Crippen LogP contribution in [-0.4, -0.2) is 19.3 Å². The number of hydrogen-bond acceptors (Lipinski definition) is 2. The standard InChI is InChI=1S/C10H11BrFNO/c11-9-3-7(1-2-10(9)12)4-13-8-5-14-6-8/h1-3,8,13H,4-6H2. The topological polar surface area (TPSA) is 21.3 Å². The van der Waals surface area contributed by atoms with Gasteiger partial charge in [-0.1, -0.05) is 6.07 Å². The van der Waals surface area contributed by atoms with Crippen molar-refractivity contribution in [1.82, 2.24) is 5.32 Å². The third-order valence-electron chi connectivity index (χ3n) is 2.22. The van der Waals surface area contributed by atoms with Crippen molar-refractivity contribution in [3.05, 3.63) is 34.1 Å². The molecule has 1 N–H and O–H groups in total. The van der Waals surface area contributed by atoms with Crippen molar-refractivity contribution in [3.8, 4) is 0 Å². The van der Waals surface area contributed by atoms with E-state index in [2.05, 4.69) is 21.2 Å². The molecule has 1 fully saturated rings. The van der Waals surface area contributed by atoms with Crippen LogP contribution in [0.15, 0.2) is 22.7 Å². The Morgan fingerprint density at radius 1 is 1.50 bits per heavy atom. The molecule has 0 saturated carbocycles. The van der Waals surface area contributed by atoms with Crippen LogP contribution in [0.4, 0.5) is 4.39 Å². The van der Waals surface area contributed by atoms with Crippen molar-refractivity contribution in [2.45, 2.75) is 12.6 Å². The van der Waals surface area contributed by atoms with Gasteiger partial charge in [0.1, 0.15) is 5.82 Å². The van der Waals surface area contributed by atoms with Crippen LogP contribution in [0.2, 0.25) is 0 Å². The Balaban J connectivity index is 1.91. The summed E-state index contributed by atoms with van der Waals surface area (Å²) in [4.78, 5) is 0. The molecule has 0 bridgehead atoms. The first-order valence-corrected chi connectivity index (χ1v) is 5.30. The van der Waals surface area contributed by atoms with E-state index in [1.54, 1.807) is 12.1 Å². The molecule has 0 radical (unpaired) electrons. The van der Waals surface area contributed by atoms with Crippen molar-refractivity contribution in [2.24, 2.45) is 0 Å². The summed E-state index contributed by atoms with van der Waals surface area (Å²) in [6, 6.07) is 5.51. The molecule has 2 rings (SSSR count). The molecular weight excluding hydrogens is 249 g/mol. The second-order valence-corrected chi connectivity index (χ2v) is 4.22. The first kappa shape index (κ1) is 10.1. The molecule has 1 aromatic carbocycles. The zero-order valence-corrected chi connectivity index (χ0v) is 9.18. The largest absolute Gasteiger partial charge is 0.378 e. The quantitative estimate of drug-likeness (QED) is 0.898. The predicted molar refractivity (Wildman–Crippen MR) is 55.5 cm³/mol. The van der Waals surface area contributed by atoms with Gasteiger partial charge < -0.3 is 10.1 Å². The summed E-state index contributed by atoms with van der Waals surface area (Å²) >= 11 is 3.16. The van der Waals surface area contributed by atoms with Gasteiger partial charge in [-0.15, -0.1) is 0 Å². The molecule has 0 spiro atoms. The lowest BCUT2D eigenvalue weighted by atomic mass is 10.2. The summed E-state index contributed by atoms with van der Waals surface area (Å²) < 4.78 is 18.4. The van der Waals surface area contributed by atoms with E-state index in [-0.39, 0.29) is 5.82 Å². The highest BCUT2D eigenvalue weighted by molar-refractivity contribution is 9.10. The van der Waals surface area contributed by atoms with E-state index in [1.807, 2.05) is 0 Å². The molecule has 0 aliphatic carbocycles. The van der Waals surface area contributed by atoms with Crippen LogP contribution in [0.3, 0.4) is 0 Å². The molecule has 14 heavy (non-hydrogen) atoms. The van der Waals surface area contributed by atoms with E-state index in [1.165, 1.54) is 6.07 Å². The van der Waals surface area contributed by atoms with Crippen molar-refractivity contribution >= 4 is 15.9 Å². The van der Waals surface area contributed by atoms with E-state index in [4.69, 9.17) is 4.74 Å². The van der Waals surface area contributed by atoms with Gasteiger partial charge in [0.05, 0.1) is 23.7 Å². The van der Waals surface area contributed by atoms with Gasteiger partial charge in [0.2, 0.25) is 0 Å². The average Bonchev–Trinajstić information content (AvgIpc) is 2.08. The fraction of sp³-hybridized carbons (Fsp3) is 0.400. The summed E-state index contributed by atoms with van der Waals surface area (Å²) in [5.74, 6) is -0.222. The first-order chi connectivity index (χ1) is 6.75. The number of benzene rings is 1. The maximum Gasteiger partial charge on any atom is 0.137 e. The zero-order valence-electron chi connectivity index (χ0n) is 7.59. The minimum Gasteiger partial charge on any atom is -0.378 e. The first-order valence-electron chi connectivity index (χ1n) is 4.51. The molecule has 0 unspecified atom stereocenters. The van der Waals surface area contributed by atoms with E-state index < -0.39 is 0 Å². The highest BCUT2D eigenvalue weighted by Crippen LogP contribution is 2.16. The Bertz CT molecular complexity index is 328. The van der Waals surface area contributed by atoms with Crippen molar-refractivity contribution in [2.75, 3.05) is 13.2 Å². The molecule has 1 saturated heterocycles. The molecule has 1 aliphatic rings. The molecule has 0 amide bonds. The lowest BCUT2D eigenvalue weighted by Gasteiger charge is -2.27. The monoisotopic (exact) mass is 259 g/mol. The number of ether oxygens (including phenoxy) is 1. The van der Waals surface area contributed by atoms with Crippen LogP contribution in [0, 0.1) is 5.82 Å². The van der Waals surface area contributed by atoms with Gasteiger partial charge in [-0.3, -0.25) is 0 Å². The highest BCUT2D eigenvalue weighted by atomic mass is 79.9. The minimum atomic E-state index is -0.222. The molecule has 1 aliphatic heterocycles. The minimum absolute atomic E-state index is 0.222. The zero-order chi connectivity index (χ0) is 9.97. The van der Waals surface area contributed by atoms with Gasteiger partial charge >= 0.3 is 0 Å². The molecule has 2 nitrogen and oxygen atoms in total. The molecule has 0 atom stereocenters. The fourth-order valence-electron chi connectivity index (χ4n) is 1.27. The second kappa shape index (κ2) is 4.38. The van der Waals surface area contributed by atoms with Crippen LogP contribution >= 0.6 is 15.9 Å². The van der Waals surface area contributed by atoms with E-state index in [9.17, 15) is 4.39 Å². The maximum absolute atomic E-state index is 12.9. The van der Waals surface area contributed by atoms with Gasteiger partial charge in [0, 0.05) is 6.54 Å². The lowest BCUT2D eigenvalue weighted by Crippen LogP contribution is -2.45. The second-order valence-electron chi connectivity index (χ2n) is 3.36. The fourth-order valence-corrected chi connectivity index (χ4v) is 1.69. The number of halogens is 2.